The molecule has 0 radical (unpaired) electrons. The molecule has 1 heterocycles. The molecule has 1 saturated heterocycles. The van der Waals surface area contributed by atoms with Gasteiger partial charge in [0, 0.05) is 26.2 Å². The van der Waals surface area contributed by atoms with Crippen LogP contribution < -0.4 is 0 Å². The van der Waals surface area contributed by atoms with Gasteiger partial charge in [0.05, 0.1) is 6.61 Å². The molecule has 98 valence electrons. The van der Waals surface area contributed by atoms with E-state index in [0.717, 1.165) is 6.54 Å². The Hall–Kier alpha value is -1.39. The molecule has 1 aliphatic heterocycles. The van der Waals surface area contributed by atoms with Gasteiger partial charge < -0.3 is 10.0 Å². The topological polar surface area (TPSA) is 43.8 Å². The highest BCUT2D eigenvalue weighted by Crippen LogP contribution is 2.17. The van der Waals surface area contributed by atoms with Crippen LogP contribution in [0, 0.1) is 0 Å². The van der Waals surface area contributed by atoms with E-state index in [-0.39, 0.29) is 18.6 Å². The SMILES string of the molecule is CC1CN(Cc2ccccc2)C(CO)C(=O)N1C. The summed E-state index contributed by atoms with van der Waals surface area (Å²) in [5, 5.41) is 9.42. The highest BCUT2D eigenvalue weighted by molar-refractivity contribution is 5.82. The van der Waals surface area contributed by atoms with Gasteiger partial charge in [0.15, 0.2) is 0 Å². The van der Waals surface area contributed by atoms with Gasteiger partial charge in [0.1, 0.15) is 6.04 Å². The van der Waals surface area contributed by atoms with E-state index in [1.54, 1.807) is 11.9 Å². The molecule has 1 aromatic rings. The Labute approximate surface area is 108 Å². The number of aliphatic hydroxyl groups excluding tert-OH is 1. The summed E-state index contributed by atoms with van der Waals surface area (Å²) in [6.07, 6.45) is 0. The Morgan fingerprint density at radius 1 is 1.33 bits per heavy atom. The van der Waals surface area contributed by atoms with Crippen molar-refractivity contribution < 1.29 is 9.90 Å². The minimum atomic E-state index is -0.411. The lowest BCUT2D eigenvalue weighted by molar-refractivity contribution is -0.145. The van der Waals surface area contributed by atoms with Crippen LogP contribution in [-0.4, -0.2) is 53.1 Å². The average molecular weight is 248 g/mol. The lowest BCUT2D eigenvalue weighted by Crippen LogP contribution is -2.60. The molecule has 1 aliphatic rings. The number of carbonyl (C=O) groups excluding carboxylic acids is 1. The van der Waals surface area contributed by atoms with Crippen molar-refractivity contribution in [2.75, 3.05) is 20.2 Å². The summed E-state index contributed by atoms with van der Waals surface area (Å²) in [6, 6.07) is 9.82. The molecule has 2 unspecified atom stereocenters. The smallest absolute Gasteiger partial charge is 0.242 e. The Kier molecular flexibility index (Phi) is 3.99. The second kappa shape index (κ2) is 5.50. The first kappa shape index (κ1) is 13.1. The number of hydrogen-bond donors (Lipinski definition) is 1. The van der Waals surface area contributed by atoms with Gasteiger partial charge in [-0.1, -0.05) is 30.3 Å². The molecular weight excluding hydrogens is 228 g/mol. The van der Waals surface area contributed by atoms with Gasteiger partial charge >= 0.3 is 0 Å². The molecule has 0 saturated carbocycles. The normalized spacial score (nSPS) is 25.5. The van der Waals surface area contributed by atoms with Gasteiger partial charge in [0.25, 0.3) is 0 Å². The predicted molar refractivity (Wildman–Crippen MR) is 70.0 cm³/mol. The molecule has 1 amide bonds. The monoisotopic (exact) mass is 248 g/mol. The van der Waals surface area contributed by atoms with Crippen molar-refractivity contribution in [2.24, 2.45) is 0 Å². The number of nitrogens with zero attached hydrogens (tertiary/aromatic N) is 2. The summed E-state index contributed by atoms with van der Waals surface area (Å²) >= 11 is 0. The van der Waals surface area contributed by atoms with Crippen LogP contribution in [-0.2, 0) is 11.3 Å². The van der Waals surface area contributed by atoms with Crippen LogP contribution in [0.2, 0.25) is 0 Å². The molecule has 2 rings (SSSR count). The van der Waals surface area contributed by atoms with Crippen LogP contribution in [0.1, 0.15) is 12.5 Å². The largest absolute Gasteiger partial charge is 0.394 e. The van der Waals surface area contributed by atoms with Gasteiger partial charge in [-0.25, -0.2) is 0 Å². The average Bonchev–Trinajstić information content (AvgIpc) is 2.38. The van der Waals surface area contributed by atoms with E-state index in [4.69, 9.17) is 0 Å². The molecule has 0 aromatic heterocycles. The first-order valence-corrected chi connectivity index (χ1v) is 6.29. The van der Waals surface area contributed by atoms with Crippen LogP contribution in [0.4, 0.5) is 0 Å². The summed E-state index contributed by atoms with van der Waals surface area (Å²) in [5.74, 6) is 0.00665. The van der Waals surface area contributed by atoms with Crippen LogP contribution in [0.5, 0.6) is 0 Å². The fourth-order valence-corrected chi connectivity index (χ4v) is 2.38. The summed E-state index contributed by atoms with van der Waals surface area (Å²) in [6.45, 7) is 3.41. The summed E-state index contributed by atoms with van der Waals surface area (Å²) in [4.78, 5) is 15.9. The van der Waals surface area contributed by atoms with Crippen LogP contribution in [0.25, 0.3) is 0 Å². The number of aliphatic hydroxyl groups is 1. The molecule has 4 heteroatoms. The second-order valence-electron chi connectivity index (χ2n) is 4.91. The van der Waals surface area contributed by atoms with E-state index in [1.165, 1.54) is 5.56 Å². The Morgan fingerprint density at radius 2 is 2.00 bits per heavy atom. The summed E-state index contributed by atoms with van der Waals surface area (Å²) in [5.41, 5.74) is 1.17. The summed E-state index contributed by atoms with van der Waals surface area (Å²) in [7, 11) is 1.80. The van der Waals surface area contributed by atoms with E-state index >= 15 is 0 Å². The Bertz CT molecular complexity index is 408. The third kappa shape index (κ3) is 2.54. The molecule has 18 heavy (non-hydrogen) atoms. The molecule has 0 bridgehead atoms. The minimum Gasteiger partial charge on any atom is -0.394 e. The molecule has 0 aliphatic carbocycles. The predicted octanol–water partition coefficient (Wildman–Crippen LogP) is 0.710. The molecular formula is C14H20N2O2. The highest BCUT2D eigenvalue weighted by atomic mass is 16.3. The van der Waals surface area contributed by atoms with E-state index in [2.05, 4.69) is 4.90 Å². The van der Waals surface area contributed by atoms with E-state index in [0.29, 0.717) is 6.54 Å². The van der Waals surface area contributed by atoms with Gasteiger partial charge in [0.2, 0.25) is 5.91 Å². The first-order valence-electron chi connectivity index (χ1n) is 6.29. The fraction of sp³-hybridized carbons (Fsp3) is 0.500. The van der Waals surface area contributed by atoms with Crippen LogP contribution in [0.3, 0.4) is 0 Å². The second-order valence-corrected chi connectivity index (χ2v) is 4.91. The third-order valence-electron chi connectivity index (χ3n) is 3.63. The highest BCUT2D eigenvalue weighted by Gasteiger charge is 2.35. The Balaban J connectivity index is 2.13. The number of hydrogen-bond acceptors (Lipinski definition) is 3. The lowest BCUT2D eigenvalue weighted by Gasteiger charge is -2.42. The lowest BCUT2D eigenvalue weighted by atomic mass is 10.1. The maximum absolute atomic E-state index is 12.1. The maximum atomic E-state index is 12.1. The van der Waals surface area contributed by atoms with E-state index in [1.807, 2.05) is 37.3 Å². The van der Waals surface area contributed by atoms with Gasteiger partial charge in [-0.2, -0.15) is 0 Å². The van der Waals surface area contributed by atoms with Crippen LogP contribution in [0.15, 0.2) is 30.3 Å². The van der Waals surface area contributed by atoms with Crippen molar-refractivity contribution in [3.8, 4) is 0 Å². The zero-order valence-electron chi connectivity index (χ0n) is 10.9. The molecule has 0 spiro atoms. The molecule has 1 fully saturated rings. The number of benzene rings is 1. The number of carbonyl (C=O) groups is 1. The third-order valence-corrected chi connectivity index (χ3v) is 3.63. The summed E-state index contributed by atoms with van der Waals surface area (Å²) < 4.78 is 0. The van der Waals surface area contributed by atoms with Crippen molar-refractivity contribution >= 4 is 5.91 Å². The molecule has 2 atom stereocenters. The van der Waals surface area contributed by atoms with Crippen molar-refractivity contribution in [2.45, 2.75) is 25.6 Å². The maximum Gasteiger partial charge on any atom is 0.242 e. The zero-order chi connectivity index (χ0) is 13.1. The van der Waals surface area contributed by atoms with Gasteiger partial charge in [-0.3, -0.25) is 9.69 Å². The first-order chi connectivity index (χ1) is 8.63. The van der Waals surface area contributed by atoms with Crippen molar-refractivity contribution in [1.82, 2.24) is 9.80 Å². The fourth-order valence-electron chi connectivity index (χ4n) is 2.38. The molecule has 1 N–H and O–H groups in total. The minimum absolute atomic E-state index is 0.00665. The standard InChI is InChI=1S/C14H20N2O2/c1-11-8-16(9-12-6-4-3-5-7-12)13(10-17)14(18)15(11)2/h3-7,11,13,17H,8-10H2,1-2H3. The van der Waals surface area contributed by atoms with E-state index < -0.39 is 6.04 Å². The number of amides is 1. The van der Waals surface area contributed by atoms with Crippen molar-refractivity contribution in [3.63, 3.8) is 0 Å². The van der Waals surface area contributed by atoms with Gasteiger partial charge in [-0.05, 0) is 12.5 Å². The van der Waals surface area contributed by atoms with Gasteiger partial charge in [-0.15, -0.1) is 0 Å². The number of piperazine rings is 1. The zero-order valence-corrected chi connectivity index (χ0v) is 10.9. The quantitative estimate of drug-likeness (QED) is 0.857. The molecule has 4 nitrogen and oxygen atoms in total. The van der Waals surface area contributed by atoms with E-state index in [9.17, 15) is 9.90 Å². The van der Waals surface area contributed by atoms with Crippen LogP contribution >= 0.6 is 0 Å². The van der Waals surface area contributed by atoms with Crippen molar-refractivity contribution in [1.29, 1.82) is 0 Å². The number of likely N-dealkylation sites (N-methyl/N-ethyl adjacent to an activating group) is 1. The Morgan fingerprint density at radius 3 is 2.61 bits per heavy atom. The molecule has 1 aromatic carbocycles. The van der Waals surface area contributed by atoms with Crippen molar-refractivity contribution in [3.05, 3.63) is 35.9 Å². The number of rotatable bonds is 3.